The van der Waals surface area contributed by atoms with Gasteiger partial charge < -0.3 is 9.84 Å². The van der Waals surface area contributed by atoms with Gasteiger partial charge in [-0.3, -0.25) is 14.9 Å². The van der Waals surface area contributed by atoms with Gasteiger partial charge in [-0.05, 0) is 42.0 Å². The number of nitro benzene ring substituents is 1. The summed E-state index contributed by atoms with van der Waals surface area (Å²) in [5, 5.41) is 23.6. The number of hydrogen-bond donors (Lipinski definition) is 2. The smallest absolute Gasteiger partial charge is 0.335 e. The third kappa shape index (κ3) is 7.18. The first kappa shape index (κ1) is 23.5. The third-order valence-corrected chi connectivity index (χ3v) is 5.34. The summed E-state index contributed by atoms with van der Waals surface area (Å²) in [6, 6.07) is 19.5. The predicted molar refractivity (Wildman–Crippen MR) is 124 cm³/mol. The van der Waals surface area contributed by atoms with Crippen LogP contribution in [0.3, 0.4) is 0 Å². The normalized spacial score (nSPS) is 10.7. The maximum Gasteiger partial charge on any atom is 0.335 e. The van der Waals surface area contributed by atoms with E-state index in [2.05, 4.69) is 10.5 Å². The molecule has 2 N–H and O–H groups in total. The highest BCUT2D eigenvalue weighted by atomic mass is 32.2. The molecule has 0 atom stereocenters. The van der Waals surface area contributed by atoms with E-state index in [1.807, 2.05) is 6.07 Å². The van der Waals surface area contributed by atoms with Gasteiger partial charge in [-0.2, -0.15) is 5.10 Å². The molecule has 10 heteroatoms. The van der Waals surface area contributed by atoms with Crippen LogP contribution in [0.15, 0.2) is 82.8 Å². The Morgan fingerprint density at radius 3 is 2.42 bits per heavy atom. The fourth-order valence-electron chi connectivity index (χ4n) is 2.64. The lowest BCUT2D eigenvalue weighted by atomic mass is 10.1. The first-order valence-electron chi connectivity index (χ1n) is 9.65. The molecule has 0 aliphatic rings. The lowest BCUT2D eigenvalue weighted by molar-refractivity contribution is -0.384. The average Bonchev–Trinajstić information content (AvgIpc) is 2.82. The zero-order chi connectivity index (χ0) is 23.6. The second kappa shape index (κ2) is 11.4. The number of nitrogens with one attached hydrogen (secondary N) is 1. The lowest BCUT2D eigenvalue weighted by Crippen LogP contribution is -2.19. The molecular formula is C23H19N3O6S. The van der Waals surface area contributed by atoms with E-state index >= 15 is 0 Å². The number of nitrogens with zero attached hydrogens (tertiary/aromatic N) is 2. The number of carbonyl (C=O) groups excluding carboxylic acids is 1. The summed E-state index contributed by atoms with van der Waals surface area (Å²) < 4.78 is 5.81. The summed E-state index contributed by atoms with van der Waals surface area (Å²) in [5.74, 6) is -0.665. The van der Waals surface area contributed by atoms with Crippen LogP contribution in [0.25, 0.3) is 0 Å². The molecule has 0 unspecified atom stereocenters. The molecule has 3 aromatic carbocycles. The second-order valence-electron chi connectivity index (χ2n) is 6.66. The Morgan fingerprint density at radius 1 is 1.06 bits per heavy atom. The van der Waals surface area contributed by atoms with Crippen molar-refractivity contribution in [1.29, 1.82) is 0 Å². The highest BCUT2D eigenvalue weighted by Gasteiger charge is 2.07. The minimum Gasteiger partial charge on any atom is -0.488 e. The number of aromatic carboxylic acids is 1. The topological polar surface area (TPSA) is 131 Å². The second-order valence-corrected chi connectivity index (χ2v) is 7.71. The molecule has 9 nitrogen and oxygen atoms in total. The fraction of sp³-hybridized carbons (Fsp3) is 0.0870. The molecule has 0 aliphatic carbocycles. The number of rotatable bonds is 10. The first-order valence-corrected chi connectivity index (χ1v) is 10.6. The van der Waals surface area contributed by atoms with E-state index in [1.54, 1.807) is 42.5 Å². The largest absolute Gasteiger partial charge is 0.488 e. The van der Waals surface area contributed by atoms with Gasteiger partial charge in [0.25, 0.3) is 5.69 Å². The number of thioether (sulfide) groups is 1. The van der Waals surface area contributed by atoms with E-state index in [-0.39, 0.29) is 29.5 Å². The standard InChI is InChI=1S/C23H19N3O6S/c27-22(15-33-20-11-9-19(10-12-20)26(30)31)25-24-13-18-3-1-2-4-21(18)32-14-16-5-7-17(8-6-16)23(28)29/h1-13H,14-15H2,(H,25,27)(H,28,29)/b24-13-. The third-order valence-electron chi connectivity index (χ3n) is 4.32. The Bertz CT molecular complexity index is 1160. The van der Waals surface area contributed by atoms with Crippen molar-refractivity contribution in [2.75, 3.05) is 5.75 Å². The van der Waals surface area contributed by atoms with E-state index in [4.69, 9.17) is 9.84 Å². The van der Waals surface area contributed by atoms with Crippen LogP contribution >= 0.6 is 11.8 Å². The highest BCUT2D eigenvalue weighted by Crippen LogP contribution is 2.21. The quantitative estimate of drug-likeness (QED) is 0.199. The zero-order valence-corrected chi connectivity index (χ0v) is 18.0. The summed E-state index contributed by atoms with van der Waals surface area (Å²) in [5.41, 5.74) is 4.10. The van der Waals surface area contributed by atoms with Crippen LogP contribution in [0.4, 0.5) is 5.69 Å². The van der Waals surface area contributed by atoms with E-state index < -0.39 is 10.9 Å². The van der Waals surface area contributed by atoms with Gasteiger partial charge in [0.05, 0.1) is 22.5 Å². The molecule has 1 amide bonds. The fourth-order valence-corrected chi connectivity index (χ4v) is 3.33. The summed E-state index contributed by atoms with van der Waals surface area (Å²) in [6.07, 6.45) is 1.47. The van der Waals surface area contributed by atoms with Crippen molar-refractivity contribution in [3.05, 3.63) is 99.6 Å². The molecule has 0 fully saturated rings. The molecule has 0 bridgehead atoms. The van der Waals surface area contributed by atoms with Crippen LogP contribution in [-0.4, -0.2) is 33.9 Å². The maximum atomic E-state index is 12.0. The number of hydrazone groups is 1. The number of non-ortho nitro benzene ring substituents is 1. The Morgan fingerprint density at radius 2 is 1.76 bits per heavy atom. The zero-order valence-electron chi connectivity index (χ0n) is 17.2. The predicted octanol–water partition coefficient (Wildman–Crippen LogP) is 4.11. The van der Waals surface area contributed by atoms with Gasteiger partial charge in [0.2, 0.25) is 5.91 Å². The van der Waals surface area contributed by atoms with E-state index in [0.29, 0.717) is 11.3 Å². The van der Waals surface area contributed by atoms with Gasteiger partial charge >= 0.3 is 5.97 Å². The van der Waals surface area contributed by atoms with Crippen LogP contribution in [0.1, 0.15) is 21.5 Å². The molecule has 0 saturated carbocycles. The Kier molecular flexibility index (Phi) is 8.14. The minimum atomic E-state index is -0.989. The molecule has 0 aromatic heterocycles. The number of amides is 1. The summed E-state index contributed by atoms with van der Waals surface area (Å²) >= 11 is 1.24. The van der Waals surface area contributed by atoms with Crippen LogP contribution in [0.5, 0.6) is 5.75 Å². The molecule has 0 spiro atoms. The molecule has 3 aromatic rings. The summed E-state index contributed by atoms with van der Waals surface area (Å²) in [6.45, 7) is 0.239. The molecule has 33 heavy (non-hydrogen) atoms. The van der Waals surface area contributed by atoms with E-state index in [0.717, 1.165) is 10.5 Å². The van der Waals surface area contributed by atoms with Crippen molar-refractivity contribution in [3.8, 4) is 5.75 Å². The van der Waals surface area contributed by atoms with Crippen LogP contribution in [-0.2, 0) is 11.4 Å². The van der Waals surface area contributed by atoms with E-state index in [9.17, 15) is 19.7 Å². The molecule has 0 heterocycles. The number of benzene rings is 3. The van der Waals surface area contributed by atoms with Crippen molar-refractivity contribution in [3.63, 3.8) is 0 Å². The van der Waals surface area contributed by atoms with Crippen molar-refractivity contribution in [1.82, 2.24) is 5.43 Å². The number of carboxylic acids is 1. The van der Waals surface area contributed by atoms with Crippen molar-refractivity contribution >= 4 is 35.5 Å². The first-order chi connectivity index (χ1) is 15.9. The van der Waals surface area contributed by atoms with E-state index in [1.165, 1.54) is 42.2 Å². The maximum absolute atomic E-state index is 12.0. The minimum absolute atomic E-state index is 0.00781. The van der Waals surface area contributed by atoms with Crippen LogP contribution in [0.2, 0.25) is 0 Å². The Hall–Kier alpha value is -4.18. The Balaban J connectivity index is 1.51. The van der Waals surface area contributed by atoms with Gasteiger partial charge in [-0.15, -0.1) is 11.8 Å². The van der Waals surface area contributed by atoms with Gasteiger partial charge in [-0.25, -0.2) is 10.2 Å². The van der Waals surface area contributed by atoms with Gasteiger partial charge in [0, 0.05) is 22.6 Å². The number of ether oxygens (including phenoxy) is 1. The van der Waals surface area contributed by atoms with Crippen LogP contribution < -0.4 is 10.2 Å². The van der Waals surface area contributed by atoms with Gasteiger partial charge in [-0.1, -0.05) is 24.3 Å². The molecule has 0 saturated heterocycles. The lowest BCUT2D eigenvalue weighted by Gasteiger charge is -2.09. The van der Waals surface area contributed by atoms with Gasteiger partial charge in [0.1, 0.15) is 12.4 Å². The number of carbonyl (C=O) groups is 2. The average molecular weight is 465 g/mol. The molecule has 0 radical (unpaired) electrons. The molecule has 168 valence electrons. The van der Waals surface area contributed by atoms with Gasteiger partial charge in [0.15, 0.2) is 0 Å². The van der Waals surface area contributed by atoms with Crippen molar-refractivity contribution in [2.24, 2.45) is 5.10 Å². The summed E-state index contributed by atoms with van der Waals surface area (Å²) in [7, 11) is 0. The van der Waals surface area contributed by atoms with Crippen molar-refractivity contribution in [2.45, 2.75) is 11.5 Å². The molecule has 3 rings (SSSR count). The molecular weight excluding hydrogens is 446 g/mol. The molecule has 0 aliphatic heterocycles. The monoisotopic (exact) mass is 465 g/mol. The Labute approximate surface area is 193 Å². The summed E-state index contributed by atoms with van der Waals surface area (Å²) in [4.78, 5) is 33.9. The number of hydrogen-bond acceptors (Lipinski definition) is 7. The number of para-hydroxylation sites is 1. The van der Waals surface area contributed by atoms with Crippen LogP contribution in [0, 0.1) is 10.1 Å². The SMILES string of the molecule is O=C(CSc1ccc([N+](=O)[O-])cc1)N/N=C\c1ccccc1OCc1ccc(C(=O)O)cc1. The number of nitro groups is 1. The van der Waals surface area contributed by atoms with Crippen molar-refractivity contribution < 1.29 is 24.4 Å². The highest BCUT2D eigenvalue weighted by molar-refractivity contribution is 8.00. The number of carboxylic acid groups (broad SMARTS) is 1.